The monoisotopic (exact) mass is 250 g/mol. The Morgan fingerprint density at radius 1 is 1.50 bits per heavy atom. The second kappa shape index (κ2) is 6.07. The van der Waals surface area contributed by atoms with Gasteiger partial charge >= 0.3 is 0 Å². The predicted octanol–water partition coefficient (Wildman–Crippen LogP) is 1.11. The van der Waals surface area contributed by atoms with Gasteiger partial charge in [0.1, 0.15) is 5.75 Å². The molecule has 1 aliphatic rings. The number of nitrogens with two attached hydrogens (primary N) is 1. The highest BCUT2D eigenvalue weighted by molar-refractivity contribution is 5.59. The first kappa shape index (κ1) is 13.2. The number of rotatable bonds is 4. The van der Waals surface area contributed by atoms with E-state index in [1.54, 1.807) is 7.11 Å². The number of nitrogen functional groups attached to an aromatic ring is 1. The van der Waals surface area contributed by atoms with Crippen molar-refractivity contribution in [2.24, 2.45) is 0 Å². The molecule has 1 atom stereocenters. The van der Waals surface area contributed by atoms with Crippen LogP contribution in [0.4, 0.5) is 5.69 Å². The molecule has 100 valence electrons. The molecular formula is C14H22N2O2. The summed E-state index contributed by atoms with van der Waals surface area (Å²) in [6, 6.07) is 4.46. The number of ether oxygens (including phenoxy) is 1. The van der Waals surface area contributed by atoms with Crippen LogP contribution >= 0.6 is 0 Å². The zero-order valence-electron chi connectivity index (χ0n) is 10.9. The van der Waals surface area contributed by atoms with Crippen LogP contribution in [0.1, 0.15) is 24.0 Å². The highest BCUT2D eigenvalue weighted by Gasteiger charge is 2.20. The Labute approximate surface area is 108 Å². The van der Waals surface area contributed by atoms with Crippen molar-refractivity contribution in [1.29, 1.82) is 0 Å². The Kier molecular flexibility index (Phi) is 4.44. The molecule has 1 aromatic rings. The van der Waals surface area contributed by atoms with Gasteiger partial charge in [0, 0.05) is 12.6 Å². The lowest BCUT2D eigenvalue weighted by atomic mass is 10.00. The van der Waals surface area contributed by atoms with Crippen LogP contribution < -0.4 is 15.8 Å². The second-order valence-corrected chi connectivity index (χ2v) is 4.80. The fourth-order valence-electron chi connectivity index (χ4n) is 2.73. The highest BCUT2D eigenvalue weighted by atomic mass is 16.5. The van der Waals surface area contributed by atoms with Crippen LogP contribution in [0.2, 0.25) is 0 Å². The first-order chi connectivity index (χ1) is 8.76. The van der Waals surface area contributed by atoms with Crippen LogP contribution in [0.5, 0.6) is 5.75 Å². The summed E-state index contributed by atoms with van der Waals surface area (Å²) in [6.07, 6.45) is 4.24. The van der Waals surface area contributed by atoms with Crippen LogP contribution in [-0.2, 0) is 12.8 Å². The number of benzene rings is 1. The van der Waals surface area contributed by atoms with E-state index in [1.807, 2.05) is 6.07 Å². The number of methoxy groups -OCH3 is 1. The van der Waals surface area contributed by atoms with Gasteiger partial charge in [-0.3, -0.25) is 0 Å². The van der Waals surface area contributed by atoms with E-state index >= 15 is 0 Å². The minimum absolute atomic E-state index is 0.189. The van der Waals surface area contributed by atoms with Gasteiger partial charge in [-0.15, -0.1) is 0 Å². The van der Waals surface area contributed by atoms with E-state index < -0.39 is 0 Å². The smallest absolute Gasteiger partial charge is 0.145 e. The molecule has 0 saturated carbocycles. The summed E-state index contributed by atoms with van der Waals surface area (Å²) < 4.78 is 5.43. The van der Waals surface area contributed by atoms with Gasteiger partial charge in [-0.1, -0.05) is 6.07 Å². The molecule has 4 N–H and O–H groups in total. The Morgan fingerprint density at radius 2 is 2.33 bits per heavy atom. The molecule has 0 fully saturated rings. The maximum Gasteiger partial charge on any atom is 0.145 e. The first-order valence-corrected chi connectivity index (χ1v) is 6.54. The third-order valence-electron chi connectivity index (χ3n) is 3.58. The minimum Gasteiger partial charge on any atom is -0.494 e. The Morgan fingerprint density at radius 3 is 3.06 bits per heavy atom. The van der Waals surface area contributed by atoms with Gasteiger partial charge < -0.3 is 20.9 Å². The SMILES string of the molecule is COc1c(N)ccc2c1CCCC(NCCO)C2. The largest absolute Gasteiger partial charge is 0.494 e. The lowest BCUT2D eigenvalue weighted by Gasteiger charge is -2.17. The quantitative estimate of drug-likeness (QED) is 0.553. The van der Waals surface area contributed by atoms with Crippen molar-refractivity contribution >= 4 is 5.69 Å². The molecule has 1 aliphatic carbocycles. The van der Waals surface area contributed by atoms with Crippen molar-refractivity contribution in [2.75, 3.05) is 26.0 Å². The van der Waals surface area contributed by atoms with E-state index in [-0.39, 0.29) is 6.61 Å². The molecule has 0 bridgehead atoms. The van der Waals surface area contributed by atoms with E-state index in [0.29, 0.717) is 12.6 Å². The summed E-state index contributed by atoms with van der Waals surface area (Å²) >= 11 is 0. The van der Waals surface area contributed by atoms with Crippen LogP contribution in [0, 0.1) is 0 Å². The molecule has 1 aromatic carbocycles. The lowest BCUT2D eigenvalue weighted by molar-refractivity contribution is 0.281. The Hall–Kier alpha value is -1.26. The number of hydrogen-bond donors (Lipinski definition) is 3. The van der Waals surface area contributed by atoms with Gasteiger partial charge in [-0.05, 0) is 42.9 Å². The number of aliphatic hydroxyl groups is 1. The minimum atomic E-state index is 0.189. The summed E-state index contributed by atoms with van der Waals surface area (Å²) in [4.78, 5) is 0. The third kappa shape index (κ3) is 2.76. The van der Waals surface area contributed by atoms with Crippen molar-refractivity contribution in [3.05, 3.63) is 23.3 Å². The summed E-state index contributed by atoms with van der Waals surface area (Å²) in [5.74, 6) is 0.843. The molecule has 0 saturated heterocycles. The maximum atomic E-state index is 8.88. The molecule has 0 radical (unpaired) electrons. The lowest BCUT2D eigenvalue weighted by Crippen LogP contribution is -2.32. The van der Waals surface area contributed by atoms with Crippen LogP contribution in [-0.4, -0.2) is 31.4 Å². The topological polar surface area (TPSA) is 67.5 Å². The molecule has 0 spiro atoms. The van der Waals surface area contributed by atoms with Crippen molar-refractivity contribution < 1.29 is 9.84 Å². The maximum absolute atomic E-state index is 8.88. The number of nitrogens with one attached hydrogen (secondary N) is 1. The third-order valence-corrected chi connectivity index (χ3v) is 3.58. The van der Waals surface area contributed by atoms with Gasteiger partial charge in [0.15, 0.2) is 0 Å². The molecule has 2 rings (SSSR count). The van der Waals surface area contributed by atoms with Gasteiger partial charge in [0.25, 0.3) is 0 Å². The van der Waals surface area contributed by atoms with Crippen molar-refractivity contribution in [1.82, 2.24) is 5.32 Å². The van der Waals surface area contributed by atoms with Gasteiger partial charge in [0.2, 0.25) is 0 Å². The van der Waals surface area contributed by atoms with Crippen molar-refractivity contribution in [2.45, 2.75) is 31.7 Å². The van der Waals surface area contributed by atoms with E-state index in [4.69, 9.17) is 15.6 Å². The fraction of sp³-hybridized carbons (Fsp3) is 0.571. The summed E-state index contributed by atoms with van der Waals surface area (Å²) in [5, 5.41) is 12.3. The van der Waals surface area contributed by atoms with Gasteiger partial charge in [-0.2, -0.15) is 0 Å². The fourth-order valence-corrected chi connectivity index (χ4v) is 2.73. The number of hydrogen-bond acceptors (Lipinski definition) is 4. The second-order valence-electron chi connectivity index (χ2n) is 4.80. The molecule has 0 amide bonds. The van der Waals surface area contributed by atoms with Crippen LogP contribution in [0.3, 0.4) is 0 Å². The normalized spacial score (nSPS) is 19.1. The molecule has 1 unspecified atom stereocenters. The molecule has 4 nitrogen and oxygen atoms in total. The molecule has 0 heterocycles. The van der Waals surface area contributed by atoms with E-state index in [0.717, 1.165) is 37.1 Å². The van der Waals surface area contributed by atoms with Crippen LogP contribution in [0.15, 0.2) is 12.1 Å². The van der Waals surface area contributed by atoms with Gasteiger partial charge in [-0.25, -0.2) is 0 Å². The van der Waals surface area contributed by atoms with Crippen molar-refractivity contribution in [3.8, 4) is 5.75 Å². The Bertz CT molecular complexity index is 407. The van der Waals surface area contributed by atoms with Crippen molar-refractivity contribution in [3.63, 3.8) is 0 Å². The average molecular weight is 250 g/mol. The van der Waals surface area contributed by atoms with E-state index in [1.165, 1.54) is 11.1 Å². The number of anilines is 1. The predicted molar refractivity (Wildman–Crippen MR) is 72.9 cm³/mol. The number of fused-ring (bicyclic) bond motifs is 1. The first-order valence-electron chi connectivity index (χ1n) is 6.54. The molecular weight excluding hydrogens is 228 g/mol. The van der Waals surface area contributed by atoms with E-state index in [2.05, 4.69) is 11.4 Å². The highest BCUT2D eigenvalue weighted by Crippen LogP contribution is 2.33. The standard InChI is InChI=1S/C14H22N2O2/c1-18-14-12-4-2-3-11(16-7-8-17)9-10(12)5-6-13(14)15/h5-6,11,16-17H,2-4,7-9,15H2,1H3. The zero-order valence-corrected chi connectivity index (χ0v) is 10.9. The molecule has 4 heteroatoms. The Balaban J connectivity index is 2.21. The average Bonchev–Trinajstić information content (AvgIpc) is 2.58. The molecule has 0 aliphatic heterocycles. The summed E-state index contributed by atoms with van der Waals surface area (Å²) in [5.41, 5.74) is 9.24. The van der Waals surface area contributed by atoms with E-state index in [9.17, 15) is 0 Å². The summed E-state index contributed by atoms with van der Waals surface area (Å²) in [7, 11) is 1.68. The van der Waals surface area contributed by atoms with Crippen LogP contribution in [0.25, 0.3) is 0 Å². The zero-order chi connectivity index (χ0) is 13.0. The molecule has 0 aromatic heterocycles. The number of aliphatic hydroxyl groups excluding tert-OH is 1. The molecule has 18 heavy (non-hydrogen) atoms. The van der Waals surface area contributed by atoms with Gasteiger partial charge in [0.05, 0.1) is 19.4 Å². The summed E-state index contributed by atoms with van der Waals surface area (Å²) in [6.45, 7) is 0.848.